The van der Waals surface area contributed by atoms with Crippen molar-refractivity contribution in [2.45, 2.75) is 6.42 Å². The molecular weight excluding hydrogens is 305 g/mol. The van der Waals surface area contributed by atoms with Crippen molar-refractivity contribution >= 4 is 33.3 Å². The van der Waals surface area contributed by atoms with Gasteiger partial charge in [0.1, 0.15) is 12.2 Å². The molecule has 6 heteroatoms. The first-order chi connectivity index (χ1) is 8.08. The second kappa shape index (κ2) is 4.98. The molecule has 2 aromatic rings. The Labute approximate surface area is 112 Å². The van der Waals surface area contributed by atoms with Gasteiger partial charge >= 0.3 is 0 Å². The Morgan fingerprint density at radius 3 is 2.88 bits per heavy atom. The molecular formula is C11H9BrClN3O. The van der Waals surface area contributed by atoms with Crippen LogP contribution in [-0.2, 0) is 13.5 Å². The fourth-order valence-electron chi connectivity index (χ4n) is 1.43. The van der Waals surface area contributed by atoms with Crippen LogP contribution in [-0.4, -0.2) is 20.5 Å². The summed E-state index contributed by atoms with van der Waals surface area (Å²) in [6.07, 6.45) is 1.65. The minimum atomic E-state index is -0.0235. The number of carbonyl (C=O) groups is 1. The average molecular weight is 315 g/mol. The minimum Gasteiger partial charge on any atom is -0.294 e. The van der Waals surface area contributed by atoms with E-state index in [4.69, 9.17) is 11.6 Å². The van der Waals surface area contributed by atoms with Gasteiger partial charge in [-0.25, -0.2) is 4.98 Å². The van der Waals surface area contributed by atoms with E-state index in [9.17, 15) is 4.79 Å². The zero-order valence-electron chi connectivity index (χ0n) is 9.02. The lowest BCUT2D eigenvalue weighted by Gasteiger charge is -2.03. The first-order valence-electron chi connectivity index (χ1n) is 4.89. The number of hydrogen-bond acceptors (Lipinski definition) is 3. The molecule has 0 bridgehead atoms. The third-order valence-corrected chi connectivity index (χ3v) is 3.25. The number of ketones is 1. The molecule has 0 aliphatic rings. The highest BCUT2D eigenvalue weighted by Gasteiger charge is 2.13. The van der Waals surface area contributed by atoms with E-state index in [0.29, 0.717) is 20.9 Å². The molecule has 88 valence electrons. The van der Waals surface area contributed by atoms with Gasteiger partial charge in [0, 0.05) is 22.1 Å². The molecule has 4 nitrogen and oxygen atoms in total. The van der Waals surface area contributed by atoms with Crippen LogP contribution in [0, 0.1) is 0 Å². The third kappa shape index (κ3) is 2.73. The number of nitrogens with zero attached hydrogens (tertiary/aromatic N) is 3. The van der Waals surface area contributed by atoms with Crippen molar-refractivity contribution in [3.8, 4) is 0 Å². The van der Waals surface area contributed by atoms with Crippen molar-refractivity contribution in [3.63, 3.8) is 0 Å². The van der Waals surface area contributed by atoms with Crippen LogP contribution in [0.4, 0.5) is 0 Å². The van der Waals surface area contributed by atoms with Crippen molar-refractivity contribution < 1.29 is 4.79 Å². The van der Waals surface area contributed by atoms with E-state index in [-0.39, 0.29) is 12.2 Å². The topological polar surface area (TPSA) is 47.8 Å². The maximum absolute atomic E-state index is 12.0. The molecule has 0 aliphatic heterocycles. The van der Waals surface area contributed by atoms with Crippen molar-refractivity contribution in [1.29, 1.82) is 0 Å². The standard InChI is InChI=1S/C11H9BrClN3O/c1-16-11(14-6-15-16)5-10(17)8-3-2-7(13)4-9(8)12/h2-4,6H,5H2,1H3. The fourth-order valence-corrected chi connectivity index (χ4v) is 2.34. The van der Waals surface area contributed by atoms with Gasteiger partial charge in [0.05, 0.1) is 6.42 Å². The molecule has 0 radical (unpaired) electrons. The molecule has 2 rings (SSSR count). The van der Waals surface area contributed by atoms with Crippen molar-refractivity contribution in [3.05, 3.63) is 45.4 Å². The zero-order valence-corrected chi connectivity index (χ0v) is 11.4. The minimum absolute atomic E-state index is 0.0235. The molecule has 1 aromatic heterocycles. The number of carbonyl (C=O) groups excluding carboxylic acids is 1. The van der Waals surface area contributed by atoms with Crippen molar-refractivity contribution in [2.75, 3.05) is 0 Å². The van der Waals surface area contributed by atoms with Gasteiger partial charge in [-0.15, -0.1) is 0 Å². The number of hydrogen-bond donors (Lipinski definition) is 0. The lowest BCUT2D eigenvalue weighted by molar-refractivity contribution is 0.0989. The molecule has 0 amide bonds. The highest BCUT2D eigenvalue weighted by Crippen LogP contribution is 2.22. The first kappa shape index (κ1) is 12.3. The number of rotatable bonds is 3. The Morgan fingerprint density at radius 1 is 1.53 bits per heavy atom. The predicted octanol–water partition coefficient (Wildman–Crippen LogP) is 2.66. The Kier molecular flexibility index (Phi) is 3.59. The predicted molar refractivity (Wildman–Crippen MR) is 68.2 cm³/mol. The number of benzene rings is 1. The summed E-state index contributed by atoms with van der Waals surface area (Å²) in [7, 11) is 1.76. The zero-order chi connectivity index (χ0) is 12.4. The van der Waals surface area contributed by atoms with Crippen LogP contribution >= 0.6 is 27.5 Å². The summed E-state index contributed by atoms with van der Waals surface area (Å²) in [5.74, 6) is 0.612. The fraction of sp³-hybridized carbons (Fsp3) is 0.182. The van der Waals surface area contributed by atoms with Crippen LogP contribution in [0.25, 0.3) is 0 Å². The van der Waals surface area contributed by atoms with Gasteiger partial charge in [0.25, 0.3) is 0 Å². The van der Waals surface area contributed by atoms with Crippen LogP contribution in [0.15, 0.2) is 29.0 Å². The molecule has 17 heavy (non-hydrogen) atoms. The maximum atomic E-state index is 12.0. The summed E-state index contributed by atoms with van der Waals surface area (Å²) in [6, 6.07) is 5.09. The first-order valence-corrected chi connectivity index (χ1v) is 6.06. The van der Waals surface area contributed by atoms with E-state index in [0.717, 1.165) is 0 Å². The van der Waals surface area contributed by atoms with E-state index < -0.39 is 0 Å². The van der Waals surface area contributed by atoms with E-state index >= 15 is 0 Å². The average Bonchev–Trinajstić information content (AvgIpc) is 2.64. The quantitative estimate of drug-likeness (QED) is 0.818. The summed E-state index contributed by atoms with van der Waals surface area (Å²) in [6.45, 7) is 0. The normalized spacial score (nSPS) is 10.5. The van der Waals surface area contributed by atoms with Gasteiger partial charge in [0.15, 0.2) is 5.78 Å². The van der Waals surface area contributed by atoms with Gasteiger partial charge in [0.2, 0.25) is 0 Å². The molecule has 1 heterocycles. The lowest BCUT2D eigenvalue weighted by Crippen LogP contribution is -2.09. The molecule has 0 aliphatic carbocycles. The monoisotopic (exact) mass is 313 g/mol. The number of aromatic nitrogens is 3. The highest BCUT2D eigenvalue weighted by atomic mass is 79.9. The summed E-state index contributed by atoms with van der Waals surface area (Å²) < 4.78 is 2.28. The molecule has 0 saturated carbocycles. The van der Waals surface area contributed by atoms with Gasteiger partial charge < -0.3 is 0 Å². The number of Topliss-reactive ketones (excluding diaryl/α,β-unsaturated/α-hetero) is 1. The highest BCUT2D eigenvalue weighted by molar-refractivity contribution is 9.10. The maximum Gasteiger partial charge on any atom is 0.171 e. The van der Waals surface area contributed by atoms with Gasteiger partial charge in [-0.3, -0.25) is 9.48 Å². The Morgan fingerprint density at radius 2 is 2.29 bits per heavy atom. The number of aryl methyl sites for hydroxylation is 1. The SMILES string of the molecule is Cn1ncnc1CC(=O)c1ccc(Cl)cc1Br. The second-order valence-corrected chi connectivity index (χ2v) is 4.81. The summed E-state index contributed by atoms with van der Waals surface area (Å²) in [5, 5.41) is 4.51. The van der Waals surface area contributed by atoms with Crippen LogP contribution in [0.3, 0.4) is 0 Å². The summed E-state index contributed by atoms with van der Waals surface area (Å²) in [4.78, 5) is 16.1. The molecule has 0 atom stereocenters. The third-order valence-electron chi connectivity index (χ3n) is 2.36. The van der Waals surface area contributed by atoms with Crippen LogP contribution < -0.4 is 0 Å². The molecule has 0 spiro atoms. The second-order valence-electron chi connectivity index (χ2n) is 3.52. The lowest BCUT2D eigenvalue weighted by atomic mass is 10.1. The van der Waals surface area contributed by atoms with Crippen molar-refractivity contribution in [1.82, 2.24) is 14.8 Å². The Bertz CT molecular complexity index is 568. The van der Waals surface area contributed by atoms with Gasteiger partial charge in [-0.1, -0.05) is 11.6 Å². The van der Waals surface area contributed by atoms with E-state index in [1.54, 1.807) is 29.9 Å². The van der Waals surface area contributed by atoms with Gasteiger partial charge in [-0.2, -0.15) is 5.10 Å². The van der Waals surface area contributed by atoms with E-state index in [1.165, 1.54) is 6.33 Å². The van der Waals surface area contributed by atoms with Crippen LogP contribution in [0.1, 0.15) is 16.2 Å². The molecule has 0 fully saturated rings. The van der Waals surface area contributed by atoms with E-state index in [1.807, 2.05) is 0 Å². The summed E-state index contributed by atoms with van der Waals surface area (Å²) >= 11 is 9.14. The Hall–Kier alpha value is -1.20. The number of halogens is 2. The Balaban J connectivity index is 2.23. The van der Waals surface area contributed by atoms with E-state index in [2.05, 4.69) is 26.0 Å². The molecule has 0 saturated heterocycles. The van der Waals surface area contributed by atoms with Gasteiger partial charge in [-0.05, 0) is 34.1 Å². The molecule has 1 aromatic carbocycles. The molecule has 0 N–H and O–H groups in total. The van der Waals surface area contributed by atoms with Crippen LogP contribution in [0.2, 0.25) is 5.02 Å². The largest absolute Gasteiger partial charge is 0.294 e. The smallest absolute Gasteiger partial charge is 0.171 e. The molecule has 0 unspecified atom stereocenters. The van der Waals surface area contributed by atoms with Crippen LogP contribution in [0.5, 0.6) is 0 Å². The van der Waals surface area contributed by atoms with Crippen molar-refractivity contribution in [2.24, 2.45) is 7.05 Å². The summed E-state index contributed by atoms with van der Waals surface area (Å²) in [5.41, 5.74) is 0.595.